The lowest BCUT2D eigenvalue weighted by atomic mass is 10.0. The van der Waals surface area contributed by atoms with E-state index in [1.54, 1.807) is 24.3 Å². The van der Waals surface area contributed by atoms with Crippen LogP contribution in [0.25, 0.3) is 5.57 Å². The first kappa shape index (κ1) is 19.1. The average Bonchev–Trinajstić information content (AvgIpc) is 2.92. The number of methoxy groups -OCH3 is 1. The molecule has 0 radical (unpaired) electrons. The third kappa shape index (κ3) is 3.89. The van der Waals surface area contributed by atoms with Crippen molar-refractivity contribution in [1.29, 1.82) is 0 Å². The molecular formula is C20H18FNO4S. The van der Waals surface area contributed by atoms with Gasteiger partial charge in [-0.2, -0.15) is 0 Å². The van der Waals surface area contributed by atoms with Crippen LogP contribution in [0.1, 0.15) is 11.1 Å². The first-order valence-corrected chi connectivity index (χ1v) is 9.27. The number of thioether (sulfide) groups is 1. The molecule has 0 saturated carbocycles. The Kier molecular flexibility index (Phi) is 5.93. The average molecular weight is 387 g/mol. The van der Waals surface area contributed by atoms with Gasteiger partial charge >= 0.3 is 0 Å². The number of nitrogens with zero attached hydrogens (tertiary/aromatic N) is 1. The lowest BCUT2D eigenvalue weighted by Gasteiger charge is -2.15. The molecule has 1 aliphatic rings. The summed E-state index contributed by atoms with van der Waals surface area (Å²) in [5.41, 5.74) is 1.43. The molecule has 3 rings (SSSR count). The van der Waals surface area contributed by atoms with Crippen LogP contribution >= 0.6 is 11.8 Å². The number of rotatable bonds is 7. The van der Waals surface area contributed by atoms with Gasteiger partial charge in [0.2, 0.25) is 0 Å². The van der Waals surface area contributed by atoms with Gasteiger partial charge in [-0.15, -0.1) is 11.8 Å². The summed E-state index contributed by atoms with van der Waals surface area (Å²) in [6.45, 7) is -0.0768. The summed E-state index contributed by atoms with van der Waals surface area (Å²) in [5.74, 6) is -0.473. The Morgan fingerprint density at radius 3 is 2.44 bits per heavy atom. The molecule has 0 fully saturated rings. The highest BCUT2D eigenvalue weighted by Gasteiger charge is 2.40. The highest BCUT2D eigenvalue weighted by Crippen LogP contribution is 2.39. The Morgan fingerprint density at radius 1 is 1.07 bits per heavy atom. The molecule has 2 amide bonds. The number of para-hydroxylation sites is 1. The van der Waals surface area contributed by atoms with Crippen LogP contribution in [0.15, 0.2) is 53.4 Å². The molecule has 0 bridgehead atoms. The van der Waals surface area contributed by atoms with Crippen molar-refractivity contribution < 1.29 is 23.8 Å². The Labute approximate surface area is 160 Å². The molecule has 27 heavy (non-hydrogen) atoms. The van der Waals surface area contributed by atoms with Crippen molar-refractivity contribution >= 4 is 29.1 Å². The topological polar surface area (TPSA) is 66.8 Å². The summed E-state index contributed by atoms with van der Waals surface area (Å²) in [4.78, 5) is 27.4. The number of carbonyl (C=O) groups is 2. The quantitative estimate of drug-likeness (QED) is 0.740. The third-order valence-corrected chi connectivity index (χ3v) is 5.15. The third-order valence-electron chi connectivity index (χ3n) is 4.09. The zero-order valence-corrected chi connectivity index (χ0v) is 15.5. The van der Waals surface area contributed by atoms with Crippen molar-refractivity contribution in [2.45, 2.75) is 6.54 Å². The van der Waals surface area contributed by atoms with Gasteiger partial charge in [0.25, 0.3) is 11.8 Å². The first-order valence-electron chi connectivity index (χ1n) is 8.28. The van der Waals surface area contributed by atoms with E-state index in [9.17, 15) is 14.0 Å². The second-order valence-electron chi connectivity index (χ2n) is 5.80. The van der Waals surface area contributed by atoms with Gasteiger partial charge in [-0.25, -0.2) is 4.39 Å². The Morgan fingerprint density at radius 2 is 1.78 bits per heavy atom. The summed E-state index contributed by atoms with van der Waals surface area (Å²) < 4.78 is 18.5. The molecule has 1 aliphatic heterocycles. The van der Waals surface area contributed by atoms with Gasteiger partial charge in [0.05, 0.1) is 30.7 Å². The smallest absolute Gasteiger partial charge is 0.268 e. The fraction of sp³-hybridized carbons (Fsp3) is 0.200. The van der Waals surface area contributed by atoms with Gasteiger partial charge in [-0.1, -0.05) is 30.3 Å². The van der Waals surface area contributed by atoms with Crippen molar-refractivity contribution in [3.63, 3.8) is 0 Å². The van der Waals surface area contributed by atoms with Gasteiger partial charge in [-0.05, 0) is 23.8 Å². The summed E-state index contributed by atoms with van der Waals surface area (Å²) in [7, 11) is 1.50. The van der Waals surface area contributed by atoms with Crippen molar-refractivity contribution in [2.75, 3.05) is 19.5 Å². The largest absolute Gasteiger partial charge is 0.496 e. The fourth-order valence-corrected chi connectivity index (χ4v) is 3.71. The minimum Gasteiger partial charge on any atom is -0.496 e. The molecule has 2 aromatic rings. The zero-order chi connectivity index (χ0) is 19.4. The highest BCUT2D eigenvalue weighted by molar-refractivity contribution is 8.04. The lowest BCUT2D eigenvalue weighted by Crippen LogP contribution is -2.31. The van der Waals surface area contributed by atoms with Crippen LogP contribution in [-0.4, -0.2) is 41.3 Å². The number of benzene rings is 2. The first-order chi connectivity index (χ1) is 13.1. The molecule has 0 unspecified atom stereocenters. The summed E-state index contributed by atoms with van der Waals surface area (Å²) in [6.07, 6.45) is 0. The molecule has 1 heterocycles. The van der Waals surface area contributed by atoms with Gasteiger partial charge in [-0.3, -0.25) is 14.5 Å². The van der Waals surface area contributed by atoms with Gasteiger partial charge in [0, 0.05) is 11.3 Å². The number of carbonyl (C=O) groups excluding carboxylic acids is 2. The predicted molar refractivity (Wildman–Crippen MR) is 101 cm³/mol. The van der Waals surface area contributed by atoms with E-state index in [0.29, 0.717) is 16.9 Å². The van der Waals surface area contributed by atoms with Crippen LogP contribution in [0.4, 0.5) is 4.39 Å². The maximum atomic E-state index is 13.1. The number of hydrogen-bond acceptors (Lipinski definition) is 5. The van der Waals surface area contributed by atoms with E-state index >= 15 is 0 Å². The van der Waals surface area contributed by atoms with Crippen LogP contribution in [0.3, 0.4) is 0 Å². The molecule has 2 aromatic carbocycles. The fourth-order valence-electron chi connectivity index (χ4n) is 2.84. The predicted octanol–water partition coefficient (Wildman–Crippen LogP) is 2.84. The molecule has 0 spiro atoms. The molecule has 0 saturated heterocycles. The van der Waals surface area contributed by atoms with Gasteiger partial charge in [0.1, 0.15) is 11.6 Å². The molecule has 0 atom stereocenters. The molecule has 1 N–H and O–H groups in total. The highest BCUT2D eigenvalue weighted by atomic mass is 32.2. The van der Waals surface area contributed by atoms with E-state index in [2.05, 4.69) is 0 Å². The van der Waals surface area contributed by atoms with Crippen LogP contribution in [0.2, 0.25) is 0 Å². The second kappa shape index (κ2) is 8.37. The summed E-state index contributed by atoms with van der Waals surface area (Å²) in [6, 6.07) is 12.6. The van der Waals surface area contributed by atoms with E-state index in [4.69, 9.17) is 9.84 Å². The molecule has 140 valence electrons. The number of aliphatic hydroxyl groups excluding tert-OH is 1. The van der Waals surface area contributed by atoms with Crippen molar-refractivity contribution in [2.24, 2.45) is 0 Å². The van der Waals surface area contributed by atoms with E-state index in [1.165, 1.54) is 31.4 Å². The monoisotopic (exact) mass is 387 g/mol. The zero-order valence-electron chi connectivity index (χ0n) is 14.6. The molecule has 7 heteroatoms. The second-order valence-corrected chi connectivity index (χ2v) is 6.90. The molecule has 5 nitrogen and oxygen atoms in total. The molecular weight excluding hydrogens is 369 g/mol. The van der Waals surface area contributed by atoms with Gasteiger partial charge in [0.15, 0.2) is 0 Å². The van der Waals surface area contributed by atoms with Crippen molar-refractivity contribution in [3.05, 3.63) is 70.4 Å². The van der Waals surface area contributed by atoms with Crippen LogP contribution in [0.5, 0.6) is 5.75 Å². The van der Waals surface area contributed by atoms with Crippen molar-refractivity contribution in [1.82, 2.24) is 4.90 Å². The molecule has 0 aliphatic carbocycles. The Bertz CT molecular complexity index is 895. The van der Waals surface area contributed by atoms with E-state index < -0.39 is 11.8 Å². The Balaban J connectivity index is 1.99. The van der Waals surface area contributed by atoms with Crippen LogP contribution < -0.4 is 4.74 Å². The van der Waals surface area contributed by atoms with Crippen LogP contribution in [0, 0.1) is 5.82 Å². The molecule has 0 aromatic heterocycles. The maximum absolute atomic E-state index is 13.1. The number of imide groups is 1. The minimum absolute atomic E-state index is 0.0414. The summed E-state index contributed by atoms with van der Waals surface area (Å²) >= 11 is 1.14. The Hall–Kier alpha value is -2.64. The number of halogens is 1. The number of ether oxygens (including phenoxy) is 1. The van der Waals surface area contributed by atoms with E-state index in [0.717, 1.165) is 16.7 Å². The number of aliphatic hydroxyl groups is 1. The number of amides is 2. The number of hydrogen-bond donors (Lipinski definition) is 1. The maximum Gasteiger partial charge on any atom is 0.268 e. The van der Waals surface area contributed by atoms with E-state index in [1.807, 2.05) is 0 Å². The normalized spacial score (nSPS) is 14.3. The van der Waals surface area contributed by atoms with Crippen molar-refractivity contribution in [3.8, 4) is 5.75 Å². The van der Waals surface area contributed by atoms with Gasteiger partial charge < -0.3 is 9.84 Å². The lowest BCUT2D eigenvalue weighted by molar-refractivity contribution is -0.137. The summed E-state index contributed by atoms with van der Waals surface area (Å²) in [5, 5.41) is 9.15. The van der Waals surface area contributed by atoms with Crippen LogP contribution in [-0.2, 0) is 16.1 Å². The standard InChI is InChI=1S/C20H18FNO4S/c1-26-16-5-3-2-4-15(16)17-18(27-11-10-23)20(25)22(19(17)24)12-13-6-8-14(21)9-7-13/h2-9,23H,10-12H2,1H3. The minimum atomic E-state index is -0.436. The SMILES string of the molecule is COc1ccccc1C1=C(SCCO)C(=O)N(Cc2ccc(F)cc2)C1=O. The van der Waals surface area contributed by atoms with E-state index in [-0.39, 0.29) is 35.2 Å².